The Morgan fingerprint density at radius 2 is 0.600 bits per heavy atom. The second kappa shape index (κ2) is 62.6. The van der Waals surface area contributed by atoms with E-state index in [1.165, 1.54) is 0 Å². The number of hydrogen-bond acceptors (Lipinski definition) is 0. The summed E-state index contributed by atoms with van der Waals surface area (Å²) in [5, 5.41) is 0. The van der Waals surface area contributed by atoms with E-state index in [1.807, 2.05) is 0 Å². The van der Waals surface area contributed by atoms with Gasteiger partial charge >= 0.3 is 41.2 Å². The Balaban J connectivity index is 0. The van der Waals surface area contributed by atoms with Gasteiger partial charge in [0.05, 0.1) is 0 Å². The van der Waals surface area contributed by atoms with Gasteiger partial charge < -0.3 is 16.4 Å². The van der Waals surface area contributed by atoms with Crippen LogP contribution in [0.25, 0.3) is 0 Å². The molecule has 0 aromatic heterocycles. The Labute approximate surface area is 57.7 Å². The van der Waals surface area contributed by atoms with E-state index in [-0.39, 0.29) is 57.6 Å². The van der Waals surface area contributed by atoms with Gasteiger partial charge in [-0.25, -0.2) is 0 Å². The van der Waals surface area contributed by atoms with Crippen molar-refractivity contribution in [3.63, 3.8) is 0 Å². The minimum Gasteiger partial charge on any atom is -2.00 e. The summed E-state index contributed by atoms with van der Waals surface area (Å²) in [6.45, 7) is 0. The van der Waals surface area contributed by atoms with Crippen molar-refractivity contribution >= 4 is 0 Å². The van der Waals surface area contributed by atoms with E-state index in [0.717, 1.165) is 0 Å². The average molecular weight is 161 g/mol. The molecule has 0 unspecified atom stereocenters. The fourth-order valence-corrected chi connectivity index (χ4v) is 0. The van der Waals surface area contributed by atoms with E-state index in [0.29, 0.717) is 0 Å². The van der Waals surface area contributed by atoms with Crippen LogP contribution in [0.1, 0.15) is 0 Å². The van der Waals surface area contributed by atoms with Crippen LogP contribution in [0.4, 0.5) is 0 Å². The van der Waals surface area contributed by atoms with Crippen LogP contribution in [0.3, 0.4) is 0 Å². The molecule has 0 radical (unpaired) electrons. The summed E-state index contributed by atoms with van der Waals surface area (Å²) in [6.07, 6.45) is 0. The largest absolute Gasteiger partial charge is 4.00 e. The van der Waals surface area contributed by atoms with Crippen LogP contribution >= 0.6 is 0 Å². The zero-order valence-corrected chi connectivity index (χ0v) is 6.96. The Kier molecular flexibility index (Phi) is 1430. The minimum absolute atomic E-state index is 0. The molecule has 0 aliphatic heterocycles. The predicted octanol–water partition coefficient (Wildman–Crippen LogP) is -0.361. The second-order valence-corrected chi connectivity index (χ2v) is 0. The first-order valence-electron chi connectivity index (χ1n) is 0. The Morgan fingerprint density at radius 1 is 0.600 bits per heavy atom. The van der Waals surface area contributed by atoms with Crippen LogP contribution < -0.4 is 0 Å². The fraction of sp³-hybridized carbons (Fsp3) is 0. The molecule has 0 aliphatic carbocycles. The topological polar surface area (TPSA) is 85.5 Å². The van der Waals surface area contributed by atoms with Crippen molar-refractivity contribution in [1.29, 1.82) is 0 Å². The third-order valence-corrected chi connectivity index (χ3v) is 0. The normalized spacial score (nSPS) is 0. The van der Waals surface area contributed by atoms with E-state index in [2.05, 4.69) is 0 Å². The van der Waals surface area contributed by atoms with E-state index < -0.39 is 0 Å². The molecule has 0 N–H and O–H groups in total. The molecule has 0 rings (SSSR count). The minimum atomic E-state index is 0. The van der Waals surface area contributed by atoms with Crippen LogP contribution in [0, 0.1) is 0 Å². The van der Waals surface area contributed by atoms with E-state index in [9.17, 15) is 0 Å². The maximum atomic E-state index is 0. The van der Waals surface area contributed by atoms with Gasteiger partial charge in [-0.15, -0.1) is 0 Å². The molecule has 24 valence electrons. The Hall–Kier alpha value is 1.22. The van der Waals surface area contributed by atoms with Gasteiger partial charge in [-0.3, -0.25) is 0 Å². The van der Waals surface area contributed by atoms with Crippen LogP contribution in [-0.2, 0) is 57.6 Å². The molecule has 0 atom stereocenters. The predicted molar refractivity (Wildman–Crippen MR) is 2.06 cm³/mol. The molecular weight excluding hydrogens is 161 g/mol. The quantitative estimate of drug-likeness (QED) is 0.434. The standard InChI is InChI=1S/3O.Ti.Zn/q3*-2;+4;+2. The zero-order chi connectivity index (χ0) is 0. The SMILES string of the molecule is [O-2].[O-2].[O-2].[Ti+4].[Zn+2]. The molecule has 0 aromatic rings. The molecule has 0 aliphatic rings. The summed E-state index contributed by atoms with van der Waals surface area (Å²) in [5.41, 5.74) is 0. The summed E-state index contributed by atoms with van der Waals surface area (Å²) >= 11 is 0. The molecule has 5 heavy (non-hydrogen) atoms. The first kappa shape index (κ1) is 114. The maximum Gasteiger partial charge on any atom is 4.00 e. The van der Waals surface area contributed by atoms with E-state index in [1.54, 1.807) is 0 Å². The van der Waals surface area contributed by atoms with Crippen molar-refractivity contribution in [1.82, 2.24) is 0 Å². The molecule has 0 saturated carbocycles. The van der Waals surface area contributed by atoms with Gasteiger partial charge in [-0.2, -0.15) is 0 Å². The monoisotopic (exact) mass is 160 g/mol. The van der Waals surface area contributed by atoms with Crippen molar-refractivity contribution in [3.8, 4) is 0 Å². The van der Waals surface area contributed by atoms with Crippen molar-refractivity contribution in [2.24, 2.45) is 0 Å². The van der Waals surface area contributed by atoms with Gasteiger partial charge in [0.15, 0.2) is 0 Å². The smallest absolute Gasteiger partial charge is 2.00 e. The molecule has 0 spiro atoms. The third-order valence-electron chi connectivity index (χ3n) is 0. The summed E-state index contributed by atoms with van der Waals surface area (Å²) in [5.74, 6) is 0. The van der Waals surface area contributed by atoms with E-state index in [4.69, 9.17) is 0 Å². The molecule has 0 amide bonds. The molecule has 3 nitrogen and oxygen atoms in total. The zero-order valence-electron chi connectivity index (χ0n) is 2.43. The van der Waals surface area contributed by atoms with Crippen LogP contribution in [-0.4, -0.2) is 0 Å². The molecule has 0 fully saturated rings. The Morgan fingerprint density at radius 3 is 0.600 bits per heavy atom. The summed E-state index contributed by atoms with van der Waals surface area (Å²) < 4.78 is 0. The van der Waals surface area contributed by atoms with Crippen LogP contribution in [0.2, 0.25) is 0 Å². The molecule has 0 saturated heterocycles. The second-order valence-electron chi connectivity index (χ2n) is 0. The fourth-order valence-electron chi connectivity index (χ4n) is 0. The van der Waals surface area contributed by atoms with Crippen molar-refractivity contribution in [2.75, 3.05) is 0 Å². The summed E-state index contributed by atoms with van der Waals surface area (Å²) in [4.78, 5) is 0. The van der Waals surface area contributed by atoms with Crippen LogP contribution in [0.15, 0.2) is 0 Å². The number of rotatable bonds is 0. The van der Waals surface area contributed by atoms with Gasteiger partial charge in [-0.1, -0.05) is 0 Å². The summed E-state index contributed by atoms with van der Waals surface area (Å²) in [6, 6.07) is 0. The first-order valence-corrected chi connectivity index (χ1v) is 0. The van der Waals surface area contributed by atoms with Crippen molar-refractivity contribution in [2.45, 2.75) is 0 Å². The molecule has 0 aromatic carbocycles. The van der Waals surface area contributed by atoms with Crippen molar-refractivity contribution < 1.29 is 57.6 Å². The van der Waals surface area contributed by atoms with Gasteiger partial charge in [-0.05, 0) is 0 Å². The van der Waals surface area contributed by atoms with E-state index >= 15 is 0 Å². The van der Waals surface area contributed by atoms with Gasteiger partial charge in [0.25, 0.3) is 0 Å². The van der Waals surface area contributed by atoms with Crippen LogP contribution in [0.5, 0.6) is 0 Å². The summed E-state index contributed by atoms with van der Waals surface area (Å²) in [7, 11) is 0. The molecular formula is O3TiZn. The van der Waals surface area contributed by atoms with Crippen molar-refractivity contribution in [3.05, 3.63) is 0 Å². The average Bonchev–Trinajstić information content (AvgIpc) is 0. The number of hydrogen-bond donors (Lipinski definition) is 0. The van der Waals surface area contributed by atoms with Gasteiger partial charge in [0.2, 0.25) is 0 Å². The molecule has 5 heteroatoms. The molecule has 0 heterocycles. The first-order chi connectivity index (χ1) is 0. The maximum absolute atomic E-state index is 0. The molecule has 0 bridgehead atoms. The Bertz CT molecular complexity index is 6.85. The van der Waals surface area contributed by atoms with Gasteiger partial charge in [0, 0.05) is 0 Å². The third kappa shape index (κ3) is 36.4. The van der Waals surface area contributed by atoms with Gasteiger partial charge in [0.1, 0.15) is 0 Å².